The Labute approximate surface area is 432 Å². The minimum atomic E-state index is -1.85. The molecule has 0 saturated carbocycles. The molecule has 1 heterocycles. The molecule has 1 fully saturated rings. The Morgan fingerprint density at radius 1 is 0.795 bits per heavy atom. The Balaban J connectivity index is 2.45. The van der Waals surface area contributed by atoms with Gasteiger partial charge in [-0.05, 0) is 36.2 Å². The quantitative estimate of drug-likeness (QED) is 0.0297. The summed E-state index contributed by atoms with van der Waals surface area (Å²) < 4.78 is 16.5. The van der Waals surface area contributed by atoms with Crippen molar-refractivity contribution >= 4 is 77.4 Å². The van der Waals surface area contributed by atoms with Gasteiger partial charge in [-0.15, -0.1) is 0 Å². The number of thiol groups is 1. The van der Waals surface area contributed by atoms with Crippen molar-refractivity contribution in [2.24, 2.45) is 47.0 Å². The van der Waals surface area contributed by atoms with Crippen molar-refractivity contribution in [1.29, 1.82) is 0 Å². The lowest BCUT2D eigenvalue weighted by Crippen LogP contribution is -2.57. The summed E-state index contributed by atoms with van der Waals surface area (Å²) in [4.78, 5) is 148. The number of hydrogen-bond donors (Lipinski definition) is 9. The van der Waals surface area contributed by atoms with Crippen molar-refractivity contribution in [1.82, 2.24) is 26.6 Å². The summed E-state index contributed by atoms with van der Waals surface area (Å²) in [5, 5.41) is 22.6. The van der Waals surface area contributed by atoms with Gasteiger partial charge in [0.15, 0.2) is 17.3 Å². The van der Waals surface area contributed by atoms with Gasteiger partial charge in [0.2, 0.25) is 35.4 Å². The standard InChI is InChI=1S/C50H77N7O15S/c1-7-30(6)35(22-34(58)26-71-16-15-70-14-13-53-47(66)36(51)27-73)46(65)54-38(23-43(52)61)42(60)21-33-25-72-50(69)32(17-28(2)3)20-41(59)37(18-29(4)5)55-48(67)39(19-31-11-9-8-10-12-31)57-49(68)40(24-44(62)63)56-45(33)64/h8-12,28-30,32-33,35-40,73H,7,13-27,51H2,1-6H3,(H2,52,61)(H,53,66)(H,54,65)(H,55,67)(H,56,64)(H,57,68)(H,62,63)/t30?,32-,33+,35+,36+,37+,38+,39+,40+/m1/s1. The summed E-state index contributed by atoms with van der Waals surface area (Å²) in [7, 11) is 0. The molecule has 0 radical (unpaired) electrons. The van der Waals surface area contributed by atoms with Crippen LogP contribution in [-0.2, 0) is 73.4 Å². The second kappa shape index (κ2) is 33.1. The van der Waals surface area contributed by atoms with Gasteiger partial charge in [-0.25, -0.2) is 0 Å². The first-order valence-corrected chi connectivity index (χ1v) is 25.4. The monoisotopic (exact) mass is 1050 g/mol. The molecule has 22 nitrogen and oxygen atoms in total. The second-order valence-electron chi connectivity index (χ2n) is 19.3. The van der Waals surface area contributed by atoms with Crippen molar-refractivity contribution in [2.45, 2.75) is 130 Å². The molecule has 1 aliphatic rings. The third-order valence-corrected chi connectivity index (χ3v) is 12.5. The fraction of sp³-hybridized carbons (Fsp3) is 0.660. The molecular formula is C50H77N7O15S. The van der Waals surface area contributed by atoms with Gasteiger partial charge < -0.3 is 57.4 Å². The number of hydrogen-bond acceptors (Lipinski definition) is 16. The van der Waals surface area contributed by atoms with Crippen molar-refractivity contribution in [3.63, 3.8) is 0 Å². The maximum Gasteiger partial charge on any atom is 0.309 e. The molecule has 1 aromatic carbocycles. The minimum absolute atomic E-state index is 0.0121. The minimum Gasteiger partial charge on any atom is -0.481 e. The van der Waals surface area contributed by atoms with Gasteiger partial charge in [0, 0.05) is 43.9 Å². The highest BCUT2D eigenvalue weighted by atomic mass is 32.1. The molecule has 0 aromatic heterocycles. The second-order valence-corrected chi connectivity index (χ2v) is 19.7. The summed E-state index contributed by atoms with van der Waals surface area (Å²) in [6.45, 7) is 10.0. The average Bonchev–Trinajstić information content (AvgIpc) is 3.32. The van der Waals surface area contributed by atoms with Gasteiger partial charge in [0.1, 0.15) is 25.3 Å². The predicted octanol–water partition coefficient (Wildman–Crippen LogP) is 0.346. The van der Waals surface area contributed by atoms with Crippen LogP contribution in [0, 0.1) is 35.5 Å². The number of ether oxygens (including phenoxy) is 3. The number of carboxylic acid groups (broad SMARTS) is 1. The Kier molecular flexibility index (Phi) is 28.7. The van der Waals surface area contributed by atoms with Crippen molar-refractivity contribution in [3.8, 4) is 0 Å². The summed E-state index contributed by atoms with van der Waals surface area (Å²) in [6.07, 6.45) is -2.65. The topological polar surface area (TPSA) is 348 Å². The number of carboxylic acids is 1. The van der Waals surface area contributed by atoms with Crippen LogP contribution in [0.2, 0.25) is 0 Å². The van der Waals surface area contributed by atoms with Crippen LogP contribution >= 0.6 is 12.6 Å². The highest BCUT2D eigenvalue weighted by Crippen LogP contribution is 2.24. The SMILES string of the molecule is CCC(C)[C@H](CC(=O)COCCOCCNC(=O)[C@@H](N)CS)C(=O)N[C@@H](CC(N)=O)C(=O)C[C@H]1COC(=O)[C@H](CC(C)C)CC(=O)[C@H](CC(C)C)NC(=O)[C@H](Cc2ccccc2)NC(=O)[C@H](CC(=O)O)NC1=O. The van der Waals surface area contributed by atoms with Crippen LogP contribution < -0.4 is 38.1 Å². The average molecular weight is 1050 g/mol. The number of nitrogens with two attached hydrogens (primary N) is 2. The molecule has 2 rings (SSSR count). The number of amides is 6. The molecule has 9 atom stereocenters. The Hall–Kier alpha value is -5.78. The molecule has 0 bridgehead atoms. The summed E-state index contributed by atoms with van der Waals surface area (Å²) in [5.74, 6) is -13.8. The molecule has 408 valence electrons. The number of rotatable bonds is 29. The van der Waals surface area contributed by atoms with Crippen molar-refractivity contribution < 1.29 is 72.1 Å². The number of carbonyl (C=O) groups is 11. The third-order valence-electron chi connectivity index (χ3n) is 12.1. The summed E-state index contributed by atoms with van der Waals surface area (Å²) >= 11 is 3.97. The molecule has 1 saturated heterocycles. The molecule has 1 unspecified atom stereocenters. The zero-order chi connectivity index (χ0) is 54.8. The largest absolute Gasteiger partial charge is 0.481 e. The number of primary amides is 1. The van der Waals surface area contributed by atoms with Crippen LogP contribution in [0.4, 0.5) is 0 Å². The number of Topliss-reactive ketones (excluding diaryl/α,β-unsaturated/α-hetero) is 3. The van der Waals surface area contributed by atoms with E-state index in [-0.39, 0.29) is 88.6 Å². The maximum absolute atomic E-state index is 14.2. The van der Waals surface area contributed by atoms with Crippen LogP contribution in [-0.4, -0.2) is 145 Å². The highest BCUT2D eigenvalue weighted by molar-refractivity contribution is 7.80. The van der Waals surface area contributed by atoms with E-state index in [0.717, 1.165) is 0 Å². The first-order valence-electron chi connectivity index (χ1n) is 24.7. The van der Waals surface area contributed by atoms with E-state index in [1.807, 2.05) is 27.7 Å². The van der Waals surface area contributed by atoms with Crippen LogP contribution in [0.3, 0.4) is 0 Å². The Bertz CT molecular complexity index is 2040. The number of ketones is 3. The molecule has 0 spiro atoms. The normalized spacial score (nSPS) is 20.9. The van der Waals surface area contributed by atoms with Crippen LogP contribution in [0.5, 0.6) is 0 Å². The van der Waals surface area contributed by atoms with Crippen molar-refractivity contribution in [3.05, 3.63) is 35.9 Å². The molecule has 0 aliphatic carbocycles. The zero-order valence-electron chi connectivity index (χ0n) is 42.8. The predicted molar refractivity (Wildman–Crippen MR) is 269 cm³/mol. The number of nitrogens with one attached hydrogen (secondary N) is 5. The van der Waals surface area contributed by atoms with E-state index in [1.54, 1.807) is 44.2 Å². The molecule has 1 aromatic rings. The van der Waals surface area contributed by atoms with Crippen LogP contribution in [0.25, 0.3) is 0 Å². The lowest BCUT2D eigenvalue weighted by atomic mass is 9.86. The van der Waals surface area contributed by atoms with Crippen LogP contribution in [0.15, 0.2) is 30.3 Å². The molecular weight excluding hydrogens is 971 g/mol. The smallest absolute Gasteiger partial charge is 0.309 e. The molecule has 73 heavy (non-hydrogen) atoms. The van der Waals surface area contributed by atoms with Gasteiger partial charge >= 0.3 is 11.9 Å². The molecule has 1 aliphatic heterocycles. The molecule has 6 amide bonds. The number of aliphatic carboxylic acids is 1. The van der Waals surface area contributed by atoms with Gasteiger partial charge in [-0.1, -0.05) is 78.3 Å². The van der Waals surface area contributed by atoms with Gasteiger partial charge in [-0.3, -0.25) is 52.7 Å². The van der Waals surface area contributed by atoms with E-state index in [9.17, 15) is 57.8 Å². The van der Waals surface area contributed by atoms with E-state index in [2.05, 4.69) is 39.2 Å². The van der Waals surface area contributed by atoms with E-state index in [1.165, 1.54) is 0 Å². The fourth-order valence-corrected chi connectivity index (χ4v) is 8.05. The summed E-state index contributed by atoms with van der Waals surface area (Å²) in [5.41, 5.74) is 11.7. The van der Waals surface area contributed by atoms with Gasteiger partial charge in [-0.2, -0.15) is 12.6 Å². The van der Waals surface area contributed by atoms with Crippen molar-refractivity contribution in [2.75, 3.05) is 45.3 Å². The lowest BCUT2D eigenvalue weighted by Gasteiger charge is -2.28. The van der Waals surface area contributed by atoms with Gasteiger partial charge in [0.25, 0.3) is 0 Å². The van der Waals surface area contributed by atoms with Gasteiger partial charge in [0.05, 0.1) is 62.6 Å². The summed E-state index contributed by atoms with van der Waals surface area (Å²) in [6, 6.07) is 1.79. The Morgan fingerprint density at radius 2 is 1.41 bits per heavy atom. The van der Waals surface area contributed by atoms with E-state index in [0.29, 0.717) is 12.0 Å². The Morgan fingerprint density at radius 3 is 2.01 bits per heavy atom. The number of carbonyl (C=O) groups excluding carboxylic acids is 10. The maximum atomic E-state index is 14.2. The molecule has 23 heteroatoms. The molecule has 10 N–H and O–H groups in total. The third kappa shape index (κ3) is 24.2. The van der Waals surface area contributed by atoms with Crippen LogP contribution in [0.1, 0.15) is 98.5 Å². The number of cyclic esters (lactones) is 1. The number of esters is 1. The van der Waals surface area contributed by atoms with E-state index in [4.69, 9.17) is 25.7 Å². The van der Waals surface area contributed by atoms with E-state index < -0.39 is 139 Å². The lowest BCUT2D eigenvalue weighted by molar-refractivity contribution is -0.154. The highest BCUT2D eigenvalue weighted by Gasteiger charge is 2.38. The first-order chi connectivity index (χ1) is 34.4. The fourth-order valence-electron chi connectivity index (χ4n) is 7.88. The van der Waals surface area contributed by atoms with E-state index >= 15 is 0 Å². The zero-order valence-corrected chi connectivity index (χ0v) is 43.7. The number of benzene rings is 1. The first kappa shape index (κ1) is 63.3.